The Bertz CT molecular complexity index is 816. The number of aryl methyl sites for hydroxylation is 2. The molecular weight excluding hydrogens is 324 g/mol. The van der Waals surface area contributed by atoms with E-state index >= 15 is 0 Å². The minimum Gasteiger partial charge on any atom is -0.229 e. The zero-order chi connectivity index (χ0) is 16.4. The fraction of sp³-hybridized carbons (Fsp3) is 0.286. The zero-order valence-electron chi connectivity index (χ0n) is 11.9. The summed E-state index contributed by atoms with van der Waals surface area (Å²) in [7, 11) is -7.05. The Morgan fingerprint density at radius 1 is 0.682 bits per heavy atom. The average molecular weight is 342 g/mol. The van der Waals surface area contributed by atoms with Crippen LogP contribution in [0.15, 0.2) is 36.4 Å². The van der Waals surface area contributed by atoms with Crippen molar-refractivity contribution in [3.8, 4) is 0 Å². The number of hydrogen-bond acceptors (Lipinski definition) is 4. The summed E-state index contributed by atoms with van der Waals surface area (Å²) in [5, 5.41) is 11.9. The van der Waals surface area contributed by atoms with Crippen LogP contribution in [0.2, 0.25) is 0 Å². The van der Waals surface area contributed by atoms with Gasteiger partial charge in [0.2, 0.25) is 20.0 Å². The van der Waals surface area contributed by atoms with E-state index in [1.165, 1.54) is 0 Å². The number of rotatable bonds is 6. The molecule has 0 aliphatic rings. The lowest BCUT2D eigenvalue weighted by Gasteiger charge is -2.11. The van der Waals surface area contributed by atoms with E-state index in [2.05, 4.69) is 0 Å². The summed E-state index contributed by atoms with van der Waals surface area (Å²) in [6, 6.07) is 11.1. The molecular formula is C14H18N2O4S2. The fourth-order valence-corrected chi connectivity index (χ4v) is 3.37. The molecule has 0 aromatic heterocycles. The first-order valence-corrected chi connectivity index (χ1v) is 10.1. The van der Waals surface area contributed by atoms with Gasteiger partial charge in [0.1, 0.15) is 0 Å². The van der Waals surface area contributed by atoms with Crippen molar-refractivity contribution in [3.05, 3.63) is 47.5 Å². The molecule has 2 rings (SSSR count). The van der Waals surface area contributed by atoms with Crippen molar-refractivity contribution < 1.29 is 16.8 Å². The van der Waals surface area contributed by atoms with Gasteiger partial charge in [-0.1, -0.05) is 36.4 Å². The second-order valence-electron chi connectivity index (χ2n) is 5.16. The Labute approximate surface area is 130 Å². The summed E-state index contributed by atoms with van der Waals surface area (Å²) in [4.78, 5) is 0. The smallest absolute Gasteiger partial charge is 0.209 e. The highest BCUT2D eigenvalue weighted by molar-refractivity contribution is 7.89. The third-order valence-electron chi connectivity index (χ3n) is 3.42. The molecule has 8 heteroatoms. The molecule has 0 amide bonds. The van der Waals surface area contributed by atoms with Gasteiger partial charge in [0, 0.05) is 0 Å². The number of hydrogen-bond donors (Lipinski definition) is 2. The Morgan fingerprint density at radius 2 is 1.05 bits per heavy atom. The first-order chi connectivity index (χ1) is 10.2. The maximum absolute atomic E-state index is 11.1. The van der Waals surface area contributed by atoms with Crippen LogP contribution in [0.5, 0.6) is 0 Å². The van der Waals surface area contributed by atoms with Crippen LogP contribution in [0, 0.1) is 0 Å². The number of sulfonamides is 2. The van der Waals surface area contributed by atoms with Gasteiger partial charge in [0.25, 0.3) is 0 Å². The Hall–Kier alpha value is -1.48. The predicted octanol–water partition coefficient (Wildman–Crippen LogP) is 0.502. The van der Waals surface area contributed by atoms with E-state index in [1.807, 2.05) is 36.4 Å². The van der Waals surface area contributed by atoms with Crippen LogP contribution in [0.25, 0.3) is 10.8 Å². The van der Waals surface area contributed by atoms with Gasteiger partial charge in [-0.25, -0.2) is 27.1 Å². The Kier molecular flexibility index (Phi) is 4.86. The molecule has 120 valence electrons. The van der Waals surface area contributed by atoms with E-state index in [0.717, 1.165) is 21.9 Å². The third-order valence-corrected chi connectivity index (χ3v) is 4.96. The maximum atomic E-state index is 11.1. The molecule has 0 fully saturated rings. The molecule has 6 nitrogen and oxygen atoms in total. The van der Waals surface area contributed by atoms with Crippen molar-refractivity contribution in [1.29, 1.82) is 0 Å². The molecule has 0 aliphatic heterocycles. The van der Waals surface area contributed by atoms with Crippen molar-refractivity contribution in [2.75, 3.05) is 11.5 Å². The summed E-state index contributed by atoms with van der Waals surface area (Å²) in [6.07, 6.45) is 0.629. The summed E-state index contributed by atoms with van der Waals surface area (Å²) < 4.78 is 44.5. The molecule has 2 aromatic carbocycles. The molecule has 0 spiro atoms. The van der Waals surface area contributed by atoms with Gasteiger partial charge in [0.05, 0.1) is 11.5 Å². The van der Waals surface area contributed by atoms with Crippen LogP contribution in [0.1, 0.15) is 11.1 Å². The molecule has 0 bridgehead atoms. The molecule has 22 heavy (non-hydrogen) atoms. The lowest BCUT2D eigenvalue weighted by molar-refractivity contribution is 0.595. The maximum Gasteiger partial charge on any atom is 0.209 e. The highest BCUT2D eigenvalue weighted by Gasteiger charge is 2.11. The van der Waals surface area contributed by atoms with Gasteiger partial charge < -0.3 is 0 Å². The minimum absolute atomic E-state index is 0.131. The largest absolute Gasteiger partial charge is 0.229 e. The molecule has 0 saturated carbocycles. The van der Waals surface area contributed by atoms with Crippen LogP contribution in [0.4, 0.5) is 0 Å². The third kappa shape index (κ3) is 4.77. The monoisotopic (exact) mass is 342 g/mol. The predicted molar refractivity (Wildman–Crippen MR) is 87.3 cm³/mol. The molecule has 4 N–H and O–H groups in total. The highest BCUT2D eigenvalue weighted by Crippen LogP contribution is 2.24. The van der Waals surface area contributed by atoms with E-state index in [-0.39, 0.29) is 11.5 Å². The normalized spacial score (nSPS) is 12.6. The standard InChI is InChI=1S/C14H18N2O4S2/c15-21(17,18)9-7-11-5-6-12(8-10-22(16,19)20)14-4-2-1-3-13(11)14/h1-6H,7-10H2,(H2,15,17,18)(H2,16,19,20). The van der Waals surface area contributed by atoms with Crippen molar-refractivity contribution in [1.82, 2.24) is 0 Å². The first-order valence-electron chi connectivity index (χ1n) is 6.66. The SMILES string of the molecule is NS(=O)(=O)CCc1ccc(CCS(N)(=O)=O)c2ccccc12. The molecule has 0 unspecified atom stereocenters. The molecule has 2 aromatic rings. The van der Waals surface area contributed by atoms with Gasteiger partial charge in [-0.15, -0.1) is 0 Å². The van der Waals surface area contributed by atoms with Crippen molar-refractivity contribution in [2.45, 2.75) is 12.8 Å². The first kappa shape index (κ1) is 16.9. The summed E-state index contributed by atoms with van der Waals surface area (Å²) >= 11 is 0. The Balaban J connectivity index is 2.38. The van der Waals surface area contributed by atoms with Crippen LogP contribution in [0.3, 0.4) is 0 Å². The zero-order valence-corrected chi connectivity index (χ0v) is 13.5. The summed E-state index contributed by atoms with van der Waals surface area (Å²) in [5.41, 5.74) is 1.73. The number of fused-ring (bicyclic) bond motifs is 1. The lowest BCUT2D eigenvalue weighted by atomic mass is 9.97. The van der Waals surface area contributed by atoms with Crippen LogP contribution in [-0.4, -0.2) is 28.3 Å². The van der Waals surface area contributed by atoms with Crippen molar-refractivity contribution >= 4 is 30.8 Å². The van der Waals surface area contributed by atoms with Crippen LogP contribution in [-0.2, 0) is 32.9 Å². The molecule has 0 aliphatic carbocycles. The minimum atomic E-state index is -3.53. The van der Waals surface area contributed by atoms with Crippen molar-refractivity contribution in [2.24, 2.45) is 10.3 Å². The van der Waals surface area contributed by atoms with Gasteiger partial charge >= 0.3 is 0 Å². The quantitative estimate of drug-likeness (QED) is 0.794. The average Bonchev–Trinajstić information content (AvgIpc) is 2.41. The van der Waals surface area contributed by atoms with Crippen LogP contribution < -0.4 is 10.3 Å². The summed E-state index contributed by atoms with van der Waals surface area (Å²) in [5.74, 6) is -0.263. The van der Waals surface area contributed by atoms with Gasteiger partial charge in [-0.3, -0.25) is 0 Å². The van der Waals surface area contributed by atoms with E-state index in [9.17, 15) is 16.8 Å². The fourth-order valence-electron chi connectivity index (χ4n) is 2.36. The van der Waals surface area contributed by atoms with Crippen molar-refractivity contribution in [3.63, 3.8) is 0 Å². The van der Waals surface area contributed by atoms with E-state index in [1.54, 1.807) is 0 Å². The van der Waals surface area contributed by atoms with Crippen LogP contribution >= 0.6 is 0 Å². The molecule has 0 heterocycles. The lowest BCUT2D eigenvalue weighted by Crippen LogP contribution is -2.18. The van der Waals surface area contributed by atoms with Gasteiger partial charge in [-0.05, 0) is 34.7 Å². The number of primary sulfonamides is 2. The topological polar surface area (TPSA) is 120 Å². The highest BCUT2D eigenvalue weighted by atomic mass is 32.2. The van der Waals surface area contributed by atoms with Gasteiger partial charge in [-0.2, -0.15) is 0 Å². The number of benzene rings is 2. The van der Waals surface area contributed by atoms with E-state index in [0.29, 0.717) is 12.8 Å². The molecule has 0 saturated heterocycles. The second kappa shape index (κ2) is 6.33. The summed E-state index contributed by atoms with van der Waals surface area (Å²) in [6.45, 7) is 0. The molecule has 0 atom stereocenters. The molecule has 0 radical (unpaired) electrons. The van der Waals surface area contributed by atoms with E-state index in [4.69, 9.17) is 10.3 Å². The van der Waals surface area contributed by atoms with Gasteiger partial charge in [0.15, 0.2) is 0 Å². The number of nitrogens with two attached hydrogens (primary N) is 2. The Morgan fingerprint density at radius 3 is 1.36 bits per heavy atom. The van der Waals surface area contributed by atoms with E-state index < -0.39 is 20.0 Å². The second-order valence-corrected chi connectivity index (χ2v) is 8.63.